The van der Waals surface area contributed by atoms with Gasteiger partial charge in [-0.25, -0.2) is 9.59 Å². The van der Waals surface area contributed by atoms with Gasteiger partial charge in [-0.05, 0) is 87.8 Å². The number of carboxylic acid groups (broad SMARTS) is 1. The normalized spacial score (nSPS) is 13.8. The van der Waals surface area contributed by atoms with Crippen molar-refractivity contribution in [3.05, 3.63) is 70.9 Å². The van der Waals surface area contributed by atoms with E-state index < -0.39 is 17.7 Å². The van der Waals surface area contributed by atoms with Gasteiger partial charge in [0, 0.05) is 29.3 Å². The molecule has 0 radical (unpaired) electrons. The van der Waals surface area contributed by atoms with Gasteiger partial charge in [0.05, 0.1) is 5.52 Å². The lowest BCUT2D eigenvalue weighted by Gasteiger charge is -2.22. The van der Waals surface area contributed by atoms with E-state index in [9.17, 15) is 9.59 Å². The van der Waals surface area contributed by atoms with Crippen LogP contribution in [0, 0.1) is 12.8 Å². The highest BCUT2D eigenvalue weighted by Crippen LogP contribution is 2.38. The van der Waals surface area contributed by atoms with Crippen molar-refractivity contribution in [2.75, 3.05) is 0 Å². The van der Waals surface area contributed by atoms with Gasteiger partial charge in [-0.15, -0.1) is 0 Å². The zero-order valence-electron chi connectivity index (χ0n) is 20.7. The van der Waals surface area contributed by atoms with E-state index in [0.717, 1.165) is 56.9 Å². The third-order valence-corrected chi connectivity index (χ3v) is 5.94. The lowest BCUT2D eigenvalue weighted by molar-refractivity contribution is -0.131. The Morgan fingerprint density at radius 1 is 1.14 bits per heavy atom. The zero-order valence-corrected chi connectivity index (χ0v) is 20.7. The third kappa shape index (κ3) is 6.47. The minimum absolute atomic E-state index is 0.290. The molecule has 0 bridgehead atoms. The van der Waals surface area contributed by atoms with Crippen molar-refractivity contribution in [1.29, 1.82) is 0 Å². The minimum atomic E-state index is -0.996. The summed E-state index contributed by atoms with van der Waals surface area (Å²) in [5, 5.41) is 12.9. The number of benzene rings is 2. The van der Waals surface area contributed by atoms with Crippen LogP contribution in [-0.2, 0) is 22.5 Å². The minimum Gasteiger partial charge on any atom is -0.478 e. The fourth-order valence-corrected chi connectivity index (χ4v) is 4.12. The number of rotatable bonds is 7. The SMILES string of the molecule is Cc1ccc(-c2c(CNC(=O)OC(C)(C)C)c(CC3CC3)nc3ccc(C=CC(=O)O)cc23)cc1. The number of ether oxygens (including phenoxy) is 1. The molecular formula is C29H32N2O4. The number of amides is 1. The molecule has 6 nitrogen and oxygen atoms in total. The number of aliphatic carboxylic acids is 1. The number of hydrogen-bond donors (Lipinski definition) is 2. The van der Waals surface area contributed by atoms with Crippen molar-refractivity contribution in [1.82, 2.24) is 10.3 Å². The molecule has 0 aliphatic heterocycles. The van der Waals surface area contributed by atoms with Crippen LogP contribution in [-0.4, -0.2) is 27.8 Å². The van der Waals surface area contributed by atoms with Gasteiger partial charge < -0.3 is 15.2 Å². The zero-order chi connectivity index (χ0) is 25.2. The van der Waals surface area contributed by atoms with Crippen molar-refractivity contribution in [3.63, 3.8) is 0 Å². The van der Waals surface area contributed by atoms with Gasteiger partial charge in [0.1, 0.15) is 5.60 Å². The first-order valence-corrected chi connectivity index (χ1v) is 12.0. The highest BCUT2D eigenvalue weighted by molar-refractivity contribution is 5.98. The van der Waals surface area contributed by atoms with Gasteiger partial charge in [0.2, 0.25) is 0 Å². The first kappa shape index (κ1) is 24.5. The Kier molecular flexibility index (Phi) is 6.92. The second-order valence-electron chi connectivity index (χ2n) is 10.2. The summed E-state index contributed by atoms with van der Waals surface area (Å²) >= 11 is 0. The molecule has 182 valence electrons. The molecule has 1 aromatic heterocycles. The average molecular weight is 473 g/mol. The van der Waals surface area contributed by atoms with Crippen LogP contribution in [0.5, 0.6) is 0 Å². The van der Waals surface area contributed by atoms with Crippen molar-refractivity contribution in [3.8, 4) is 11.1 Å². The number of aromatic nitrogens is 1. The molecule has 2 aromatic carbocycles. The molecule has 6 heteroatoms. The van der Waals surface area contributed by atoms with Gasteiger partial charge in [0.15, 0.2) is 0 Å². The second kappa shape index (κ2) is 9.90. The number of carboxylic acids is 1. The first-order chi connectivity index (χ1) is 16.6. The van der Waals surface area contributed by atoms with E-state index in [4.69, 9.17) is 14.8 Å². The number of fused-ring (bicyclic) bond motifs is 1. The molecule has 3 aromatic rings. The molecule has 1 aliphatic rings. The molecule has 35 heavy (non-hydrogen) atoms. The second-order valence-corrected chi connectivity index (χ2v) is 10.2. The summed E-state index contributed by atoms with van der Waals surface area (Å²) < 4.78 is 5.48. The Bertz CT molecular complexity index is 1280. The maximum Gasteiger partial charge on any atom is 0.407 e. The van der Waals surface area contributed by atoms with Crippen LogP contribution in [0.2, 0.25) is 0 Å². The number of aryl methyl sites for hydroxylation is 1. The van der Waals surface area contributed by atoms with E-state index in [-0.39, 0.29) is 6.54 Å². The van der Waals surface area contributed by atoms with E-state index >= 15 is 0 Å². The van der Waals surface area contributed by atoms with E-state index in [0.29, 0.717) is 5.92 Å². The molecule has 0 spiro atoms. The fraction of sp³-hybridized carbons (Fsp3) is 0.345. The lowest BCUT2D eigenvalue weighted by Crippen LogP contribution is -2.32. The highest BCUT2D eigenvalue weighted by Gasteiger charge is 2.26. The number of carbonyl (C=O) groups is 2. The topological polar surface area (TPSA) is 88.5 Å². The van der Waals surface area contributed by atoms with Gasteiger partial charge >= 0.3 is 12.1 Å². The van der Waals surface area contributed by atoms with Gasteiger partial charge in [-0.2, -0.15) is 0 Å². The van der Waals surface area contributed by atoms with E-state index in [1.165, 1.54) is 12.8 Å². The summed E-state index contributed by atoms with van der Waals surface area (Å²) in [6, 6.07) is 14.1. The molecule has 0 atom stereocenters. The van der Waals surface area contributed by atoms with Crippen LogP contribution in [0.4, 0.5) is 4.79 Å². The Labute approximate surface area is 206 Å². The maximum atomic E-state index is 12.5. The fourth-order valence-electron chi connectivity index (χ4n) is 4.12. The number of hydrogen-bond acceptors (Lipinski definition) is 4. The number of alkyl carbamates (subject to hydrolysis) is 1. The molecule has 4 rings (SSSR count). The Morgan fingerprint density at radius 3 is 2.49 bits per heavy atom. The van der Waals surface area contributed by atoms with Crippen molar-refractivity contribution >= 4 is 29.0 Å². The molecular weight excluding hydrogens is 440 g/mol. The average Bonchev–Trinajstić information content (AvgIpc) is 3.59. The van der Waals surface area contributed by atoms with Crippen molar-refractivity contribution in [2.24, 2.45) is 5.92 Å². The Morgan fingerprint density at radius 2 is 1.86 bits per heavy atom. The Hall–Kier alpha value is -3.67. The van der Waals surface area contributed by atoms with Gasteiger partial charge in [0.25, 0.3) is 0 Å². The molecule has 1 amide bonds. The molecule has 1 aliphatic carbocycles. The number of nitrogens with zero attached hydrogens (tertiary/aromatic N) is 1. The monoisotopic (exact) mass is 472 g/mol. The van der Waals surface area contributed by atoms with Crippen LogP contribution in [0.3, 0.4) is 0 Å². The summed E-state index contributed by atoms with van der Waals surface area (Å²) in [7, 11) is 0. The summed E-state index contributed by atoms with van der Waals surface area (Å²) in [6.45, 7) is 7.86. The third-order valence-electron chi connectivity index (χ3n) is 5.94. The molecule has 2 N–H and O–H groups in total. The number of nitrogens with one attached hydrogen (secondary N) is 1. The van der Waals surface area contributed by atoms with Gasteiger partial charge in [-0.3, -0.25) is 4.98 Å². The van der Waals surface area contributed by atoms with E-state index in [2.05, 4.69) is 29.6 Å². The quantitative estimate of drug-likeness (QED) is 0.395. The van der Waals surface area contributed by atoms with Crippen LogP contribution in [0.15, 0.2) is 48.5 Å². The molecule has 1 heterocycles. The molecule has 0 unspecified atom stereocenters. The van der Waals surface area contributed by atoms with Crippen molar-refractivity contribution < 1.29 is 19.4 Å². The predicted molar refractivity (Wildman–Crippen MR) is 138 cm³/mol. The lowest BCUT2D eigenvalue weighted by atomic mass is 9.91. The number of pyridine rings is 1. The molecule has 1 fully saturated rings. The smallest absolute Gasteiger partial charge is 0.407 e. The van der Waals surface area contributed by atoms with Crippen LogP contribution in [0.1, 0.15) is 56.0 Å². The highest BCUT2D eigenvalue weighted by atomic mass is 16.6. The van der Waals surface area contributed by atoms with E-state index in [1.807, 2.05) is 45.9 Å². The van der Waals surface area contributed by atoms with Crippen LogP contribution < -0.4 is 5.32 Å². The summed E-state index contributed by atoms with van der Waals surface area (Å²) in [5.41, 5.74) is 6.18. The maximum absolute atomic E-state index is 12.5. The first-order valence-electron chi connectivity index (χ1n) is 12.0. The molecule has 0 saturated heterocycles. The number of carbonyl (C=O) groups excluding carboxylic acids is 1. The predicted octanol–water partition coefficient (Wildman–Crippen LogP) is 6.29. The standard InChI is InChI=1S/C29H32N2O4/c1-18-5-11-21(12-6-18)27-22-15-19(10-14-26(32)33)9-13-24(22)31-25(16-20-7-8-20)23(27)17-30-28(34)35-29(2,3)4/h5-6,9-15,20H,7-8,16-17H2,1-4H3,(H,30,34)(H,32,33). The summed E-state index contributed by atoms with van der Waals surface area (Å²) in [6.07, 6.45) is 5.49. The van der Waals surface area contributed by atoms with Crippen molar-refractivity contribution in [2.45, 2.75) is 59.1 Å². The van der Waals surface area contributed by atoms with Crippen LogP contribution in [0.25, 0.3) is 28.1 Å². The molecule has 1 saturated carbocycles. The summed E-state index contributed by atoms with van der Waals surface area (Å²) in [4.78, 5) is 28.6. The van der Waals surface area contributed by atoms with Crippen LogP contribution >= 0.6 is 0 Å². The largest absolute Gasteiger partial charge is 0.478 e. The summed E-state index contributed by atoms with van der Waals surface area (Å²) in [5.74, 6) is -0.382. The Balaban J connectivity index is 1.87. The van der Waals surface area contributed by atoms with Gasteiger partial charge in [-0.1, -0.05) is 35.9 Å². The van der Waals surface area contributed by atoms with E-state index in [1.54, 1.807) is 6.08 Å².